The number of anilines is 1. The second-order valence-electron chi connectivity index (χ2n) is 4.93. The molecule has 0 radical (unpaired) electrons. The molecule has 0 spiro atoms. The summed E-state index contributed by atoms with van der Waals surface area (Å²) in [5, 5.41) is 6.29. The number of alkyl halides is 3. The Labute approximate surface area is 141 Å². The summed E-state index contributed by atoms with van der Waals surface area (Å²) in [6.45, 7) is 2.03. The Hall–Kier alpha value is -2.22. The second-order valence-corrected chi connectivity index (χ2v) is 5.37. The van der Waals surface area contributed by atoms with Crippen LogP contribution in [0.25, 0.3) is 0 Å². The van der Waals surface area contributed by atoms with Crippen LogP contribution in [0, 0.1) is 0 Å². The van der Waals surface area contributed by atoms with Crippen LogP contribution in [0.15, 0.2) is 30.5 Å². The molecule has 0 unspecified atom stereocenters. The van der Waals surface area contributed by atoms with Gasteiger partial charge in [-0.2, -0.15) is 18.3 Å². The van der Waals surface area contributed by atoms with Crippen molar-refractivity contribution in [3.05, 3.63) is 41.2 Å². The van der Waals surface area contributed by atoms with E-state index in [1.165, 1.54) is 6.07 Å². The molecule has 9 heteroatoms. The molecule has 0 saturated heterocycles. The van der Waals surface area contributed by atoms with Crippen molar-refractivity contribution < 1.29 is 22.7 Å². The number of aromatic nitrogens is 2. The first-order valence-electron chi connectivity index (χ1n) is 7.12. The molecule has 0 bridgehead atoms. The predicted molar refractivity (Wildman–Crippen MR) is 83.1 cm³/mol. The fraction of sp³-hybridized carbons (Fsp3) is 0.333. The van der Waals surface area contributed by atoms with Gasteiger partial charge in [0.2, 0.25) is 5.91 Å². The maximum Gasteiger partial charge on any atom is 0.435 e. The average molecular weight is 362 g/mol. The number of amides is 1. The molecule has 5 nitrogen and oxygen atoms in total. The monoisotopic (exact) mass is 361 g/mol. The minimum atomic E-state index is -4.55. The number of benzene rings is 1. The molecular formula is C15H15ClF3N3O2. The molecule has 0 aliphatic heterocycles. The van der Waals surface area contributed by atoms with Gasteiger partial charge >= 0.3 is 6.18 Å². The van der Waals surface area contributed by atoms with Gasteiger partial charge in [0.15, 0.2) is 5.69 Å². The fourth-order valence-corrected chi connectivity index (χ4v) is 2.05. The molecule has 2 aromatic rings. The van der Waals surface area contributed by atoms with Gasteiger partial charge in [0.1, 0.15) is 12.3 Å². The minimum absolute atomic E-state index is 0.351. The third kappa shape index (κ3) is 4.89. The van der Waals surface area contributed by atoms with Gasteiger partial charge < -0.3 is 10.1 Å². The number of ether oxygens (including phenoxy) is 1. The summed E-state index contributed by atoms with van der Waals surface area (Å²) in [6.07, 6.45) is -2.67. The van der Waals surface area contributed by atoms with Crippen LogP contribution in [0.3, 0.4) is 0 Å². The molecule has 1 aromatic heterocycles. The fourth-order valence-electron chi connectivity index (χ4n) is 1.88. The van der Waals surface area contributed by atoms with E-state index in [4.69, 9.17) is 16.3 Å². The van der Waals surface area contributed by atoms with E-state index in [1.807, 2.05) is 6.92 Å². The third-order valence-electron chi connectivity index (χ3n) is 2.91. The van der Waals surface area contributed by atoms with Gasteiger partial charge in [-0.3, -0.25) is 9.48 Å². The van der Waals surface area contributed by atoms with E-state index in [0.717, 1.165) is 23.4 Å². The summed E-state index contributed by atoms with van der Waals surface area (Å²) < 4.78 is 43.9. The zero-order valence-electron chi connectivity index (χ0n) is 12.7. The Kier molecular flexibility index (Phi) is 5.71. The van der Waals surface area contributed by atoms with E-state index in [-0.39, 0.29) is 6.54 Å². The van der Waals surface area contributed by atoms with Crippen molar-refractivity contribution in [2.45, 2.75) is 26.1 Å². The summed E-state index contributed by atoms with van der Waals surface area (Å²) in [6, 6.07) is 5.55. The van der Waals surface area contributed by atoms with Crippen LogP contribution in [0.5, 0.6) is 5.75 Å². The standard InChI is InChI=1S/C15H15ClF3N3O2/c1-2-7-24-12-4-3-10(16)8-11(12)20-14(23)9-22-6-5-13(21-22)15(17,18)19/h3-6,8H,2,7,9H2,1H3,(H,20,23). The van der Waals surface area contributed by atoms with Gasteiger partial charge in [0, 0.05) is 11.2 Å². The highest BCUT2D eigenvalue weighted by Gasteiger charge is 2.33. The first-order valence-corrected chi connectivity index (χ1v) is 7.50. The minimum Gasteiger partial charge on any atom is -0.491 e. The normalized spacial score (nSPS) is 11.4. The predicted octanol–water partition coefficient (Wildman–Crippen LogP) is 3.98. The van der Waals surface area contributed by atoms with Gasteiger partial charge in [0.25, 0.3) is 0 Å². The number of nitrogens with zero attached hydrogens (tertiary/aromatic N) is 2. The first kappa shape index (κ1) is 18.1. The number of rotatable bonds is 6. The summed E-state index contributed by atoms with van der Waals surface area (Å²) >= 11 is 5.90. The van der Waals surface area contributed by atoms with Crippen LogP contribution < -0.4 is 10.1 Å². The Morgan fingerprint density at radius 1 is 1.38 bits per heavy atom. The molecule has 1 N–H and O–H groups in total. The lowest BCUT2D eigenvalue weighted by molar-refractivity contribution is -0.141. The number of carbonyl (C=O) groups excluding carboxylic acids is 1. The van der Waals surface area contributed by atoms with Crippen molar-refractivity contribution in [3.63, 3.8) is 0 Å². The number of halogens is 4. The summed E-state index contributed by atoms with van der Waals surface area (Å²) in [7, 11) is 0. The summed E-state index contributed by atoms with van der Waals surface area (Å²) in [5.41, 5.74) is -0.700. The van der Waals surface area contributed by atoms with Crippen molar-refractivity contribution in [3.8, 4) is 5.75 Å². The van der Waals surface area contributed by atoms with Crippen LogP contribution >= 0.6 is 11.6 Å². The highest BCUT2D eigenvalue weighted by molar-refractivity contribution is 6.31. The lowest BCUT2D eigenvalue weighted by Gasteiger charge is -2.12. The van der Waals surface area contributed by atoms with Crippen molar-refractivity contribution in [1.82, 2.24) is 9.78 Å². The zero-order valence-corrected chi connectivity index (χ0v) is 13.5. The van der Waals surface area contributed by atoms with E-state index in [2.05, 4.69) is 10.4 Å². The largest absolute Gasteiger partial charge is 0.491 e. The van der Waals surface area contributed by atoms with Gasteiger partial charge in [-0.15, -0.1) is 0 Å². The zero-order chi connectivity index (χ0) is 17.7. The lowest BCUT2D eigenvalue weighted by Crippen LogP contribution is -2.20. The number of carbonyl (C=O) groups is 1. The van der Waals surface area contributed by atoms with E-state index >= 15 is 0 Å². The van der Waals surface area contributed by atoms with Crippen LogP contribution in [0.4, 0.5) is 18.9 Å². The highest BCUT2D eigenvalue weighted by Crippen LogP contribution is 2.29. The molecule has 0 aliphatic carbocycles. The summed E-state index contributed by atoms with van der Waals surface area (Å²) in [4.78, 5) is 12.0. The van der Waals surface area contributed by atoms with E-state index in [0.29, 0.717) is 23.1 Å². The van der Waals surface area contributed by atoms with Crippen molar-refractivity contribution >= 4 is 23.2 Å². The molecule has 1 aromatic carbocycles. The van der Waals surface area contributed by atoms with Gasteiger partial charge in [-0.05, 0) is 30.7 Å². The maximum atomic E-state index is 12.5. The first-order chi connectivity index (χ1) is 11.3. The number of hydrogen-bond acceptors (Lipinski definition) is 3. The molecule has 24 heavy (non-hydrogen) atoms. The molecular weight excluding hydrogens is 347 g/mol. The van der Waals surface area contributed by atoms with Crippen molar-refractivity contribution in [2.75, 3.05) is 11.9 Å². The lowest BCUT2D eigenvalue weighted by atomic mass is 10.3. The highest BCUT2D eigenvalue weighted by atomic mass is 35.5. The van der Waals surface area contributed by atoms with Crippen LogP contribution in [-0.4, -0.2) is 22.3 Å². The molecule has 0 fully saturated rings. The van der Waals surface area contributed by atoms with Crippen LogP contribution in [-0.2, 0) is 17.5 Å². The smallest absolute Gasteiger partial charge is 0.435 e. The quantitative estimate of drug-likeness (QED) is 0.846. The Bertz CT molecular complexity index is 716. The van der Waals surface area contributed by atoms with E-state index in [9.17, 15) is 18.0 Å². The Morgan fingerprint density at radius 2 is 2.12 bits per heavy atom. The maximum absolute atomic E-state index is 12.5. The Balaban J connectivity index is 2.06. The topological polar surface area (TPSA) is 56.1 Å². The van der Waals surface area contributed by atoms with E-state index in [1.54, 1.807) is 12.1 Å². The van der Waals surface area contributed by atoms with Crippen molar-refractivity contribution in [1.29, 1.82) is 0 Å². The molecule has 1 amide bonds. The second kappa shape index (κ2) is 7.57. The molecule has 0 saturated carbocycles. The van der Waals surface area contributed by atoms with E-state index < -0.39 is 17.8 Å². The van der Waals surface area contributed by atoms with Gasteiger partial charge in [-0.25, -0.2) is 0 Å². The molecule has 130 valence electrons. The van der Waals surface area contributed by atoms with Crippen LogP contribution in [0.2, 0.25) is 5.02 Å². The third-order valence-corrected chi connectivity index (χ3v) is 3.15. The average Bonchev–Trinajstić information content (AvgIpc) is 2.95. The summed E-state index contributed by atoms with van der Waals surface area (Å²) in [5.74, 6) is -0.110. The van der Waals surface area contributed by atoms with Gasteiger partial charge in [0.05, 0.1) is 12.3 Å². The van der Waals surface area contributed by atoms with Crippen LogP contribution in [0.1, 0.15) is 19.0 Å². The molecule has 2 rings (SSSR count). The molecule has 0 aliphatic rings. The molecule has 0 atom stereocenters. The number of nitrogens with one attached hydrogen (secondary N) is 1. The molecule has 1 heterocycles. The SMILES string of the molecule is CCCOc1ccc(Cl)cc1NC(=O)Cn1ccc(C(F)(F)F)n1. The number of hydrogen-bond donors (Lipinski definition) is 1. The van der Waals surface area contributed by atoms with Crippen molar-refractivity contribution in [2.24, 2.45) is 0 Å². The van der Waals surface area contributed by atoms with Gasteiger partial charge in [-0.1, -0.05) is 18.5 Å². The Morgan fingerprint density at radius 3 is 2.75 bits per heavy atom.